The maximum Gasteiger partial charge on any atom is 0.249 e. The summed E-state index contributed by atoms with van der Waals surface area (Å²) in [5.41, 5.74) is 9.66. The third-order valence-electron chi connectivity index (χ3n) is 3.10. The van der Waals surface area contributed by atoms with Crippen LogP contribution in [0.25, 0.3) is 0 Å². The molecule has 0 saturated heterocycles. The van der Waals surface area contributed by atoms with Gasteiger partial charge in [-0.1, -0.05) is 31.0 Å². The van der Waals surface area contributed by atoms with E-state index in [0.29, 0.717) is 18.2 Å². The average Bonchev–Trinajstić information content (AvgIpc) is 2.82. The van der Waals surface area contributed by atoms with Gasteiger partial charge in [0.2, 0.25) is 5.91 Å². The average molecular weight is 234 g/mol. The maximum atomic E-state index is 11.2. The molecule has 1 aromatic rings. The van der Waals surface area contributed by atoms with E-state index in [9.17, 15) is 4.79 Å². The van der Waals surface area contributed by atoms with E-state index in [1.807, 2.05) is 12.1 Å². The molecular weight excluding hydrogens is 216 g/mol. The Bertz CT molecular complexity index is 387. The Morgan fingerprint density at radius 3 is 2.76 bits per heavy atom. The van der Waals surface area contributed by atoms with E-state index in [0.717, 1.165) is 18.4 Å². The van der Waals surface area contributed by atoms with Crippen molar-refractivity contribution in [3.05, 3.63) is 35.4 Å². The molecule has 1 saturated carbocycles. The lowest BCUT2D eigenvalue weighted by atomic mass is 10.1. The number of amides is 1. The van der Waals surface area contributed by atoms with Gasteiger partial charge in [-0.3, -0.25) is 9.63 Å². The van der Waals surface area contributed by atoms with Crippen LogP contribution in [0.3, 0.4) is 0 Å². The van der Waals surface area contributed by atoms with Crippen molar-refractivity contribution in [1.29, 1.82) is 0 Å². The summed E-state index contributed by atoms with van der Waals surface area (Å²) in [5, 5.41) is 0. The summed E-state index contributed by atoms with van der Waals surface area (Å²) in [7, 11) is 0. The van der Waals surface area contributed by atoms with Crippen LogP contribution in [0.15, 0.2) is 24.3 Å². The van der Waals surface area contributed by atoms with Gasteiger partial charge in [0.05, 0.1) is 6.10 Å². The summed E-state index contributed by atoms with van der Waals surface area (Å²) < 4.78 is 0. The maximum absolute atomic E-state index is 11.2. The summed E-state index contributed by atoms with van der Waals surface area (Å²) in [5.74, 6) is -0.400. The molecule has 1 aliphatic rings. The van der Waals surface area contributed by atoms with Crippen LogP contribution in [-0.4, -0.2) is 12.0 Å². The quantitative estimate of drug-likeness (QED) is 0.763. The fraction of sp³-hybridized carbons (Fsp3) is 0.462. The summed E-state index contributed by atoms with van der Waals surface area (Å²) in [4.78, 5) is 16.7. The van der Waals surface area contributed by atoms with Crippen molar-refractivity contribution in [2.45, 2.75) is 38.3 Å². The monoisotopic (exact) mass is 234 g/mol. The molecule has 0 unspecified atom stereocenters. The molecule has 0 spiro atoms. The first-order chi connectivity index (χ1) is 8.27. The Labute approximate surface area is 101 Å². The second-order valence-corrected chi connectivity index (χ2v) is 4.37. The SMILES string of the molecule is NC(=O)c1ccccc1CNOC1CCCC1. The number of hydrogen-bond acceptors (Lipinski definition) is 3. The molecule has 1 fully saturated rings. The van der Waals surface area contributed by atoms with Crippen LogP contribution < -0.4 is 11.2 Å². The smallest absolute Gasteiger partial charge is 0.249 e. The Hall–Kier alpha value is -1.39. The van der Waals surface area contributed by atoms with Gasteiger partial charge in [-0.25, -0.2) is 0 Å². The lowest BCUT2D eigenvalue weighted by Gasteiger charge is -2.12. The Kier molecular flexibility index (Phi) is 4.12. The number of rotatable bonds is 5. The van der Waals surface area contributed by atoms with Gasteiger partial charge in [-0.2, -0.15) is 5.48 Å². The van der Waals surface area contributed by atoms with Crippen molar-refractivity contribution >= 4 is 5.91 Å². The van der Waals surface area contributed by atoms with Gasteiger partial charge in [-0.05, 0) is 24.5 Å². The van der Waals surface area contributed by atoms with Crippen LogP contribution in [0, 0.1) is 0 Å². The molecule has 0 radical (unpaired) electrons. The van der Waals surface area contributed by atoms with Crippen molar-refractivity contribution in [2.75, 3.05) is 0 Å². The number of hydroxylamine groups is 1. The molecule has 1 aromatic carbocycles. The summed E-state index contributed by atoms with van der Waals surface area (Å²) in [6.07, 6.45) is 5.03. The number of hydrogen-bond donors (Lipinski definition) is 2. The van der Waals surface area contributed by atoms with Gasteiger partial charge < -0.3 is 5.73 Å². The second-order valence-electron chi connectivity index (χ2n) is 4.37. The molecule has 0 atom stereocenters. The highest BCUT2D eigenvalue weighted by atomic mass is 16.7. The molecule has 0 aromatic heterocycles. The third kappa shape index (κ3) is 3.28. The highest BCUT2D eigenvalue weighted by Crippen LogP contribution is 2.20. The zero-order valence-electron chi connectivity index (χ0n) is 9.82. The van der Waals surface area contributed by atoms with Crippen molar-refractivity contribution in [1.82, 2.24) is 5.48 Å². The highest BCUT2D eigenvalue weighted by molar-refractivity contribution is 5.94. The number of nitrogens with two attached hydrogens (primary N) is 1. The third-order valence-corrected chi connectivity index (χ3v) is 3.10. The van der Waals surface area contributed by atoms with E-state index >= 15 is 0 Å². The standard InChI is InChI=1S/C13H18N2O2/c14-13(16)12-8-4-1-5-10(12)9-15-17-11-6-2-3-7-11/h1,4-5,8,11,15H,2-3,6-7,9H2,(H2,14,16). The van der Waals surface area contributed by atoms with Crippen molar-refractivity contribution in [2.24, 2.45) is 5.73 Å². The van der Waals surface area contributed by atoms with E-state index in [2.05, 4.69) is 5.48 Å². The molecule has 4 heteroatoms. The minimum Gasteiger partial charge on any atom is -0.366 e. The number of carbonyl (C=O) groups is 1. The molecule has 1 amide bonds. The lowest BCUT2D eigenvalue weighted by Crippen LogP contribution is -2.23. The van der Waals surface area contributed by atoms with E-state index in [4.69, 9.17) is 10.6 Å². The van der Waals surface area contributed by atoms with E-state index in [-0.39, 0.29) is 0 Å². The van der Waals surface area contributed by atoms with Gasteiger partial charge in [0.15, 0.2) is 0 Å². The van der Waals surface area contributed by atoms with E-state index in [1.54, 1.807) is 12.1 Å². The molecule has 0 bridgehead atoms. The first kappa shape index (κ1) is 12.1. The molecule has 92 valence electrons. The normalized spacial score (nSPS) is 16.2. The Balaban J connectivity index is 1.87. The minimum absolute atomic E-state index is 0.316. The lowest BCUT2D eigenvalue weighted by molar-refractivity contribution is -0.0244. The number of carbonyl (C=O) groups excluding carboxylic acids is 1. The predicted octanol–water partition coefficient (Wildman–Crippen LogP) is 1.75. The number of benzene rings is 1. The first-order valence-corrected chi connectivity index (χ1v) is 6.03. The van der Waals surface area contributed by atoms with Gasteiger partial charge >= 0.3 is 0 Å². The summed E-state index contributed by atoms with van der Waals surface area (Å²) in [6, 6.07) is 7.31. The number of primary amides is 1. The number of nitrogens with one attached hydrogen (secondary N) is 1. The molecule has 17 heavy (non-hydrogen) atoms. The van der Waals surface area contributed by atoms with Crippen molar-refractivity contribution in [3.8, 4) is 0 Å². The fourth-order valence-corrected chi connectivity index (χ4v) is 2.16. The van der Waals surface area contributed by atoms with Gasteiger partial charge in [-0.15, -0.1) is 0 Å². The summed E-state index contributed by atoms with van der Waals surface area (Å²) >= 11 is 0. The van der Waals surface area contributed by atoms with Gasteiger partial charge in [0, 0.05) is 12.1 Å². The fourth-order valence-electron chi connectivity index (χ4n) is 2.16. The largest absolute Gasteiger partial charge is 0.366 e. The van der Waals surface area contributed by atoms with Crippen LogP contribution in [0.2, 0.25) is 0 Å². The molecule has 4 nitrogen and oxygen atoms in total. The molecule has 0 heterocycles. The molecule has 2 rings (SSSR count). The van der Waals surface area contributed by atoms with Gasteiger partial charge in [0.25, 0.3) is 0 Å². The van der Waals surface area contributed by atoms with Crippen LogP contribution >= 0.6 is 0 Å². The Morgan fingerprint density at radius 2 is 2.06 bits per heavy atom. The predicted molar refractivity (Wildman–Crippen MR) is 65.1 cm³/mol. The zero-order chi connectivity index (χ0) is 12.1. The van der Waals surface area contributed by atoms with Crippen LogP contribution in [0.5, 0.6) is 0 Å². The summed E-state index contributed by atoms with van der Waals surface area (Å²) in [6.45, 7) is 0.510. The second kappa shape index (κ2) is 5.80. The van der Waals surface area contributed by atoms with Crippen molar-refractivity contribution in [3.63, 3.8) is 0 Å². The zero-order valence-corrected chi connectivity index (χ0v) is 9.82. The molecule has 1 aliphatic carbocycles. The van der Waals surface area contributed by atoms with Crippen LogP contribution in [0.1, 0.15) is 41.6 Å². The Morgan fingerprint density at radius 1 is 1.35 bits per heavy atom. The van der Waals surface area contributed by atoms with E-state index in [1.165, 1.54) is 12.8 Å². The van der Waals surface area contributed by atoms with Gasteiger partial charge in [0.1, 0.15) is 0 Å². The van der Waals surface area contributed by atoms with E-state index < -0.39 is 5.91 Å². The molecular formula is C13H18N2O2. The first-order valence-electron chi connectivity index (χ1n) is 6.03. The minimum atomic E-state index is -0.400. The highest BCUT2D eigenvalue weighted by Gasteiger charge is 2.15. The molecule has 3 N–H and O–H groups in total. The topological polar surface area (TPSA) is 64.4 Å². The van der Waals surface area contributed by atoms with Crippen LogP contribution in [-0.2, 0) is 11.4 Å². The van der Waals surface area contributed by atoms with Crippen LogP contribution in [0.4, 0.5) is 0 Å². The molecule has 0 aliphatic heterocycles. The van der Waals surface area contributed by atoms with Crippen molar-refractivity contribution < 1.29 is 9.63 Å².